The van der Waals surface area contributed by atoms with Crippen LogP contribution in [0.25, 0.3) is 0 Å². The Bertz CT molecular complexity index is 396. The first-order valence-corrected chi connectivity index (χ1v) is 5.08. The van der Waals surface area contributed by atoms with Crippen LogP contribution in [-0.2, 0) is 4.74 Å². The number of pyridine rings is 1. The average Bonchev–Trinajstić information content (AvgIpc) is 2.20. The third kappa shape index (κ3) is 2.61. The van der Waals surface area contributed by atoms with Gasteiger partial charge in [-0.1, -0.05) is 0 Å². The van der Waals surface area contributed by atoms with Crippen LogP contribution in [0.5, 0.6) is 0 Å². The second-order valence-electron chi connectivity index (χ2n) is 2.83. The molecule has 0 N–H and O–H groups in total. The number of ether oxygens (including phenoxy) is 1. The van der Waals surface area contributed by atoms with Crippen LogP contribution in [0, 0.1) is 10.6 Å². The summed E-state index contributed by atoms with van der Waals surface area (Å²) in [5, 5.41) is 0. The van der Waals surface area contributed by atoms with E-state index in [2.05, 4.69) is 9.72 Å². The number of alkyl halides is 2. The molecular weight excluding hydrogens is 319 g/mol. The molecule has 0 saturated heterocycles. The molecule has 0 aliphatic heterocycles. The molecule has 0 spiro atoms. The van der Waals surface area contributed by atoms with Gasteiger partial charge in [0.15, 0.2) is 5.69 Å². The van der Waals surface area contributed by atoms with Crippen molar-refractivity contribution >= 4 is 28.6 Å². The number of nitrogens with zero attached hydrogens (tertiary/aromatic N) is 1. The molecule has 6 heteroatoms. The number of aromatic nitrogens is 1. The molecule has 1 aromatic rings. The molecule has 82 valence electrons. The molecule has 1 aromatic heterocycles. The Balaban J connectivity index is 3.34. The average molecular weight is 327 g/mol. The largest absolute Gasteiger partial charge is 0.464 e. The molecule has 0 atom stereocenters. The van der Waals surface area contributed by atoms with E-state index in [4.69, 9.17) is 0 Å². The summed E-state index contributed by atoms with van der Waals surface area (Å²) in [6.45, 7) is 1.65. The fraction of sp³-hybridized carbons (Fsp3) is 0.333. The number of hydrogen-bond acceptors (Lipinski definition) is 3. The molecule has 0 fully saturated rings. The van der Waals surface area contributed by atoms with Gasteiger partial charge in [-0.2, -0.15) is 0 Å². The van der Waals surface area contributed by atoms with Crippen LogP contribution in [-0.4, -0.2) is 18.1 Å². The van der Waals surface area contributed by atoms with Crippen LogP contribution in [0.15, 0.2) is 6.07 Å². The molecule has 0 saturated carbocycles. The maximum atomic E-state index is 12.6. The van der Waals surface area contributed by atoms with E-state index >= 15 is 0 Å². The van der Waals surface area contributed by atoms with Gasteiger partial charge in [-0.15, -0.1) is 0 Å². The maximum absolute atomic E-state index is 12.6. The standard InChI is InChI=1S/C9H8F2INO2/c1-4-3-5(7(10)11)6(9(14)15-2)13-8(4)12/h3,7H,1-2H3. The van der Waals surface area contributed by atoms with Gasteiger partial charge in [-0.3, -0.25) is 0 Å². The van der Waals surface area contributed by atoms with E-state index < -0.39 is 12.4 Å². The Morgan fingerprint density at radius 3 is 2.67 bits per heavy atom. The summed E-state index contributed by atoms with van der Waals surface area (Å²) in [7, 11) is 1.13. The van der Waals surface area contributed by atoms with Crippen molar-refractivity contribution in [2.45, 2.75) is 13.3 Å². The zero-order chi connectivity index (χ0) is 11.6. The Hall–Kier alpha value is -0.790. The number of halogens is 3. The highest BCUT2D eigenvalue weighted by Gasteiger charge is 2.22. The van der Waals surface area contributed by atoms with Gasteiger partial charge in [0.25, 0.3) is 6.43 Å². The molecule has 0 aromatic carbocycles. The Kier molecular flexibility index (Phi) is 3.95. The van der Waals surface area contributed by atoms with Gasteiger partial charge in [0.1, 0.15) is 3.70 Å². The van der Waals surface area contributed by atoms with Crippen LogP contribution >= 0.6 is 22.6 Å². The fourth-order valence-electron chi connectivity index (χ4n) is 1.04. The topological polar surface area (TPSA) is 39.2 Å². The van der Waals surface area contributed by atoms with Crippen LogP contribution in [0.4, 0.5) is 8.78 Å². The van der Waals surface area contributed by atoms with E-state index in [9.17, 15) is 13.6 Å². The second-order valence-corrected chi connectivity index (χ2v) is 3.85. The van der Waals surface area contributed by atoms with Crippen LogP contribution in [0.2, 0.25) is 0 Å². The summed E-state index contributed by atoms with van der Waals surface area (Å²) >= 11 is 1.88. The van der Waals surface area contributed by atoms with E-state index in [-0.39, 0.29) is 11.3 Å². The summed E-state index contributed by atoms with van der Waals surface area (Å²) < 4.78 is 30.1. The lowest BCUT2D eigenvalue weighted by Crippen LogP contribution is -2.11. The van der Waals surface area contributed by atoms with Crippen molar-refractivity contribution in [3.63, 3.8) is 0 Å². The quantitative estimate of drug-likeness (QED) is 0.476. The van der Waals surface area contributed by atoms with Crippen molar-refractivity contribution in [1.29, 1.82) is 0 Å². The fourth-order valence-corrected chi connectivity index (χ4v) is 1.44. The van der Waals surface area contributed by atoms with Crippen LogP contribution in [0.3, 0.4) is 0 Å². The lowest BCUT2D eigenvalue weighted by molar-refractivity contribution is 0.0581. The lowest BCUT2D eigenvalue weighted by atomic mass is 10.1. The molecule has 1 rings (SSSR count). The number of hydrogen-bond donors (Lipinski definition) is 0. The van der Waals surface area contributed by atoms with Gasteiger partial charge in [0.05, 0.1) is 12.7 Å². The minimum Gasteiger partial charge on any atom is -0.464 e. The molecule has 0 aliphatic carbocycles. The van der Waals surface area contributed by atoms with Crippen molar-refractivity contribution < 1.29 is 18.3 Å². The minimum atomic E-state index is -2.73. The van der Waals surface area contributed by atoms with E-state index in [0.717, 1.165) is 7.11 Å². The zero-order valence-corrected chi connectivity index (χ0v) is 10.2. The molecule has 0 bridgehead atoms. The third-order valence-corrected chi connectivity index (χ3v) is 2.89. The highest BCUT2D eigenvalue weighted by molar-refractivity contribution is 14.1. The first kappa shape index (κ1) is 12.3. The molecular formula is C9H8F2INO2. The smallest absolute Gasteiger partial charge is 0.357 e. The number of carbonyl (C=O) groups is 1. The van der Waals surface area contributed by atoms with Crippen LogP contribution < -0.4 is 0 Å². The Labute approximate surface area is 99.0 Å². The van der Waals surface area contributed by atoms with E-state index in [1.807, 2.05) is 22.6 Å². The molecule has 3 nitrogen and oxygen atoms in total. The maximum Gasteiger partial charge on any atom is 0.357 e. The summed E-state index contributed by atoms with van der Waals surface area (Å²) in [5.74, 6) is -0.844. The van der Waals surface area contributed by atoms with Crippen molar-refractivity contribution in [3.05, 3.63) is 26.6 Å². The van der Waals surface area contributed by atoms with Gasteiger partial charge in [0, 0.05) is 0 Å². The first-order valence-electron chi connectivity index (χ1n) is 4.01. The predicted octanol–water partition coefficient (Wildman–Crippen LogP) is 2.72. The summed E-state index contributed by atoms with van der Waals surface area (Å²) in [6.07, 6.45) is -2.73. The summed E-state index contributed by atoms with van der Waals surface area (Å²) in [5.41, 5.74) is -0.0965. The predicted molar refractivity (Wildman–Crippen MR) is 58.0 cm³/mol. The second kappa shape index (κ2) is 4.82. The van der Waals surface area contributed by atoms with Gasteiger partial charge >= 0.3 is 5.97 Å². The highest BCUT2D eigenvalue weighted by Crippen LogP contribution is 2.25. The molecule has 15 heavy (non-hydrogen) atoms. The lowest BCUT2D eigenvalue weighted by Gasteiger charge is -2.08. The number of carbonyl (C=O) groups excluding carboxylic acids is 1. The molecule has 0 aliphatic rings. The monoisotopic (exact) mass is 327 g/mol. The van der Waals surface area contributed by atoms with Crippen LogP contribution in [0.1, 0.15) is 28.0 Å². The van der Waals surface area contributed by atoms with E-state index in [1.54, 1.807) is 6.92 Å². The van der Waals surface area contributed by atoms with Gasteiger partial charge in [-0.25, -0.2) is 18.6 Å². The molecule has 0 unspecified atom stereocenters. The number of rotatable bonds is 2. The Morgan fingerprint density at radius 1 is 1.60 bits per heavy atom. The molecule has 0 amide bonds. The highest BCUT2D eigenvalue weighted by atomic mass is 127. The SMILES string of the molecule is COC(=O)c1nc(I)c(C)cc1C(F)F. The third-order valence-electron chi connectivity index (χ3n) is 1.79. The van der Waals surface area contributed by atoms with Gasteiger partial charge in [-0.05, 0) is 41.1 Å². The van der Waals surface area contributed by atoms with Crippen molar-refractivity contribution in [3.8, 4) is 0 Å². The number of aryl methyl sites for hydroxylation is 1. The van der Waals surface area contributed by atoms with Crippen molar-refractivity contribution in [2.24, 2.45) is 0 Å². The van der Waals surface area contributed by atoms with Crippen molar-refractivity contribution in [1.82, 2.24) is 4.98 Å². The summed E-state index contributed by atoms with van der Waals surface area (Å²) in [6, 6.07) is 1.26. The summed E-state index contributed by atoms with van der Waals surface area (Å²) in [4.78, 5) is 15.0. The Morgan fingerprint density at radius 2 is 2.20 bits per heavy atom. The molecule has 0 radical (unpaired) electrons. The van der Waals surface area contributed by atoms with E-state index in [1.165, 1.54) is 6.07 Å². The normalized spacial score (nSPS) is 10.5. The number of esters is 1. The number of methoxy groups -OCH3 is 1. The molecule has 1 heterocycles. The van der Waals surface area contributed by atoms with Crippen molar-refractivity contribution in [2.75, 3.05) is 7.11 Å². The van der Waals surface area contributed by atoms with E-state index in [0.29, 0.717) is 9.26 Å². The first-order chi connectivity index (χ1) is 6.97. The van der Waals surface area contributed by atoms with Gasteiger partial charge < -0.3 is 4.74 Å². The van der Waals surface area contributed by atoms with Gasteiger partial charge in [0.2, 0.25) is 0 Å². The zero-order valence-electron chi connectivity index (χ0n) is 8.05. The minimum absolute atomic E-state index is 0.317.